The molecule has 7 rings (SSSR count). The van der Waals surface area contributed by atoms with Crippen LogP contribution in [-0.4, -0.2) is 63.9 Å². The van der Waals surface area contributed by atoms with E-state index >= 15 is 0 Å². The second-order valence-electron chi connectivity index (χ2n) is 15.9. The molecule has 0 bridgehead atoms. The van der Waals surface area contributed by atoms with Gasteiger partial charge in [0.05, 0.1) is 0 Å². The Labute approximate surface area is 423 Å². The summed E-state index contributed by atoms with van der Waals surface area (Å²) in [6, 6.07) is 36.0. The molecule has 0 amide bonds. The fourth-order valence-electron chi connectivity index (χ4n) is 6.49. The number of carbonyl (C=O) groups excluding carboxylic acids is 6. The number of nitrogens with zero attached hydrogens (tertiary/aromatic N) is 3. The summed E-state index contributed by atoms with van der Waals surface area (Å²) < 4.78 is 55.1. The van der Waals surface area contributed by atoms with E-state index in [0.29, 0.717) is 71.1 Å². The van der Waals surface area contributed by atoms with Crippen molar-refractivity contribution in [3.05, 3.63) is 179 Å². The topological polar surface area (TPSA) is 259 Å². The highest BCUT2D eigenvalue weighted by Gasteiger charge is 2.49. The van der Waals surface area contributed by atoms with Gasteiger partial charge in [-0.05, 0) is 197 Å². The van der Waals surface area contributed by atoms with Gasteiger partial charge in [-0.25, -0.2) is 0 Å². The van der Waals surface area contributed by atoms with E-state index in [2.05, 4.69) is 5.32 Å². The average Bonchev–Trinajstić information content (AvgIpc) is 3.41. The van der Waals surface area contributed by atoms with E-state index in [4.69, 9.17) is 52.2 Å². The maximum atomic E-state index is 11.6. The normalized spacial score (nSPS) is 13.6. The molecule has 0 fully saturated rings. The molecule has 5 N–H and O–H groups in total. The van der Waals surface area contributed by atoms with Crippen LogP contribution < -0.4 is 43.9 Å². The Morgan fingerprint density at radius 3 is 0.671 bits per heavy atom. The molecule has 0 saturated carbocycles. The van der Waals surface area contributed by atoms with Crippen molar-refractivity contribution in [2.24, 2.45) is 25.0 Å². The van der Waals surface area contributed by atoms with Crippen molar-refractivity contribution in [1.29, 1.82) is 0 Å². The van der Waals surface area contributed by atoms with Crippen molar-refractivity contribution in [2.75, 3.05) is 26.2 Å². The van der Waals surface area contributed by atoms with Crippen LogP contribution in [0.15, 0.2) is 159 Å². The van der Waals surface area contributed by atoms with E-state index < -0.39 is 23.0 Å². The Morgan fingerprint density at radius 2 is 0.507 bits per heavy atom. The van der Waals surface area contributed by atoms with Gasteiger partial charge in [-0.15, -0.1) is 0 Å². The first-order chi connectivity index (χ1) is 35.6. The second-order valence-corrected chi connectivity index (χ2v) is 22.0. The number of nitrogens with one attached hydrogen (secondary N) is 1. The summed E-state index contributed by atoms with van der Waals surface area (Å²) in [7, 11) is -13.1. The van der Waals surface area contributed by atoms with Gasteiger partial charge in [0.15, 0.2) is 0 Å². The van der Waals surface area contributed by atoms with E-state index in [9.17, 15) is 28.8 Å². The predicted molar refractivity (Wildman–Crippen MR) is 281 cm³/mol. The number of hydrogen-bond acceptors (Lipinski definition) is 18. The molecule has 0 spiro atoms. The van der Waals surface area contributed by atoms with Gasteiger partial charge >= 0.3 is 23.0 Å². The van der Waals surface area contributed by atoms with E-state index in [1.165, 1.54) is 171 Å². The molecule has 0 aromatic heterocycles. The number of benzene rings is 6. The van der Waals surface area contributed by atoms with Crippen LogP contribution in [0.25, 0.3) is 0 Å². The second kappa shape index (κ2) is 28.1. The number of rotatable bonds is 28. The Morgan fingerprint density at radius 1 is 0.315 bits per heavy atom. The molecule has 73 heavy (non-hydrogen) atoms. The molecule has 1 aliphatic heterocycles. The van der Waals surface area contributed by atoms with Crippen LogP contribution in [0.1, 0.15) is 101 Å². The highest BCUT2D eigenvalue weighted by Crippen LogP contribution is 2.78. The lowest BCUT2D eigenvalue weighted by molar-refractivity contribution is 0.111. The quantitative estimate of drug-likeness (QED) is 0.0234. The van der Waals surface area contributed by atoms with Crippen molar-refractivity contribution < 1.29 is 55.9 Å². The summed E-state index contributed by atoms with van der Waals surface area (Å²) >= 11 is 0. The van der Waals surface area contributed by atoms with E-state index in [1.807, 2.05) is 0 Å². The molecule has 0 unspecified atom stereocenters. The van der Waals surface area contributed by atoms with Gasteiger partial charge in [0.2, 0.25) is 0 Å². The minimum atomic E-state index is -4.38. The zero-order valence-corrected chi connectivity index (χ0v) is 42.3. The maximum Gasteiger partial charge on any atom is 0.460 e. The van der Waals surface area contributed by atoms with Gasteiger partial charge in [-0.1, -0.05) is 26.4 Å². The summed E-state index contributed by atoms with van der Waals surface area (Å²) in [5.74, 6) is 0.752. The summed E-state index contributed by atoms with van der Waals surface area (Å²) in [4.78, 5) is 69.7. The molecule has 1 heterocycles. The van der Waals surface area contributed by atoms with Crippen LogP contribution in [-0.2, 0) is 0 Å². The standard InChI is InChI=1S/C42H30N3O12P3.C10H25N3/c46-25-31-1-13-37(14-2-31)52-58(53-38-15-3-32(26-47)4-16-38)43-59(54-39-17-5-33(27-48)6-18-39,55-40-19-7-34(28-49)8-20-40)45-60(44-58,56-41-21-9-35(29-50)10-22-41)57-42-23-11-36(30-51)12-24-42;11-7-3-1-5-9-13-10-6-2-4-8-12/h1-30H;13H,1-12H2. The van der Waals surface area contributed by atoms with Crippen molar-refractivity contribution in [3.8, 4) is 34.5 Å². The van der Waals surface area contributed by atoms with E-state index in [1.54, 1.807) is 0 Å². The molecule has 21 heteroatoms. The predicted octanol–water partition coefficient (Wildman–Crippen LogP) is 12.0. The smallest absolute Gasteiger partial charge is 0.413 e. The van der Waals surface area contributed by atoms with Gasteiger partial charge < -0.3 is 43.9 Å². The number of hydrogen-bond donors (Lipinski definition) is 3. The zero-order chi connectivity index (χ0) is 51.8. The first-order valence-electron chi connectivity index (χ1n) is 23.1. The number of nitrogens with two attached hydrogens (primary N) is 2. The minimum absolute atomic E-state index is 0.125. The van der Waals surface area contributed by atoms with Gasteiger partial charge in [-0.3, -0.25) is 28.8 Å². The van der Waals surface area contributed by atoms with Gasteiger partial charge in [0.25, 0.3) is 0 Å². The maximum absolute atomic E-state index is 11.6. The largest absolute Gasteiger partial charge is 0.460 e. The fourth-order valence-corrected chi connectivity index (χ4v) is 15.6. The van der Waals surface area contributed by atoms with E-state index in [-0.39, 0.29) is 34.5 Å². The van der Waals surface area contributed by atoms with Gasteiger partial charge in [0, 0.05) is 33.4 Å². The van der Waals surface area contributed by atoms with Gasteiger partial charge in [-0.2, -0.15) is 0 Å². The molecule has 0 atom stereocenters. The Bertz CT molecular complexity index is 2440. The SMILES string of the molecule is NCCCCCNCCCCCN.O=Cc1ccc(OP2(Oc3ccc(C=O)cc3)=NP(Oc3ccc(C=O)cc3)(Oc3ccc(C=O)cc3)=NP(Oc3ccc(C=O)cc3)(Oc3ccc(C=O)cc3)=N2)cc1. The third kappa shape index (κ3) is 16.9. The van der Waals surface area contributed by atoms with E-state index in [0.717, 1.165) is 39.0 Å². The molecule has 1 aliphatic rings. The van der Waals surface area contributed by atoms with Crippen LogP contribution in [0.4, 0.5) is 0 Å². The van der Waals surface area contributed by atoms with Crippen LogP contribution in [0, 0.1) is 0 Å². The van der Waals surface area contributed by atoms with Crippen molar-refractivity contribution in [2.45, 2.75) is 38.5 Å². The molecule has 6 aromatic carbocycles. The summed E-state index contributed by atoms with van der Waals surface area (Å²) in [5, 5.41) is 3.42. The molecule has 6 aromatic rings. The molecule has 0 saturated heterocycles. The van der Waals surface area contributed by atoms with Crippen LogP contribution in [0.2, 0.25) is 0 Å². The monoisotopic (exact) mass is 1050 g/mol. The molecular weight excluding hydrogens is 994 g/mol. The number of unbranched alkanes of at least 4 members (excludes halogenated alkanes) is 4. The first-order valence-corrected chi connectivity index (χ1v) is 27.7. The lowest BCUT2D eigenvalue weighted by atomic mass is 10.2. The van der Waals surface area contributed by atoms with Crippen molar-refractivity contribution in [3.63, 3.8) is 0 Å². The Hall–Kier alpha value is -7.29. The Balaban J connectivity index is 0.000000588. The lowest BCUT2D eigenvalue weighted by Crippen LogP contribution is -2.17. The highest BCUT2D eigenvalue weighted by molar-refractivity contribution is 7.79. The average molecular weight is 1050 g/mol. The number of aldehydes is 6. The first kappa shape index (κ1) is 55.0. The summed E-state index contributed by atoms with van der Waals surface area (Å²) in [5.41, 5.74) is 12.8. The van der Waals surface area contributed by atoms with Crippen LogP contribution >= 0.6 is 23.0 Å². The fraction of sp³-hybridized carbons (Fsp3) is 0.192. The third-order valence-corrected chi connectivity index (χ3v) is 18.4. The highest BCUT2D eigenvalue weighted by atomic mass is 31.3. The van der Waals surface area contributed by atoms with Crippen molar-refractivity contribution >= 4 is 60.7 Å². The molecular formula is C52H55N6O12P3. The van der Waals surface area contributed by atoms with Crippen LogP contribution in [0.5, 0.6) is 34.5 Å². The number of carbonyl (C=O) groups is 6. The summed E-state index contributed by atoms with van der Waals surface area (Å²) in [6.45, 7) is 3.94. The Kier molecular flexibility index (Phi) is 21.2. The molecule has 380 valence electrons. The molecule has 0 aliphatic carbocycles. The van der Waals surface area contributed by atoms with Gasteiger partial charge in [0.1, 0.15) is 72.2 Å². The minimum Gasteiger partial charge on any atom is -0.413 e. The molecule has 18 nitrogen and oxygen atoms in total. The summed E-state index contributed by atoms with van der Waals surface area (Å²) in [6.07, 6.45) is 11.3. The lowest BCUT2D eigenvalue weighted by Gasteiger charge is -2.33. The molecule has 0 radical (unpaired) electrons. The van der Waals surface area contributed by atoms with Crippen molar-refractivity contribution in [1.82, 2.24) is 5.32 Å². The third-order valence-electron chi connectivity index (χ3n) is 10.2. The zero-order valence-electron chi connectivity index (χ0n) is 39.6. The van der Waals surface area contributed by atoms with Crippen LogP contribution in [0.3, 0.4) is 0 Å².